The number of nitrogens with one attached hydrogen (secondary N) is 1. The van der Waals surface area contributed by atoms with Gasteiger partial charge in [-0.25, -0.2) is 0 Å². The van der Waals surface area contributed by atoms with Gasteiger partial charge in [-0.2, -0.15) is 0 Å². The van der Waals surface area contributed by atoms with Crippen LogP contribution in [0.4, 0.5) is 0 Å². The van der Waals surface area contributed by atoms with Crippen LogP contribution in [0.15, 0.2) is 11.4 Å². The smallest absolute Gasteiger partial charge is 0.234 e. The molecule has 0 saturated heterocycles. The second-order valence-corrected chi connectivity index (χ2v) is 5.92. The molecule has 0 saturated carbocycles. The van der Waals surface area contributed by atoms with Crippen LogP contribution in [0, 0.1) is 0 Å². The highest BCUT2D eigenvalue weighted by Gasteiger charge is 2.25. The zero-order valence-corrected chi connectivity index (χ0v) is 11.5. The number of amides is 1. The van der Waals surface area contributed by atoms with E-state index in [1.165, 1.54) is 10.4 Å². The van der Waals surface area contributed by atoms with E-state index in [1.807, 2.05) is 25.2 Å². The van der Waals surface area contributed by atoms with Crippen molar-refractivity contribution in [2.75, 3.05) is 13.1 Å². The van der Waals surface area contributed by atoms with Crippen molar-refractivity contribution in [3.63, 3.8) is 0 Å². The summed E-state index contributed by atoms with van der Waals surface area (Å²) in [5.74, 6) is 0.130. The minimum absolute atomic E-state index is 0.130. The van der Waals surface area contributed by atoms with Gasteiger partial charge in [0.05, 0.1) is 6.54 Å². The minimum atomic E-state index is 0.130. The molecule has 94 valence electrons. The highest BCUT2D eigenvalue weighted by Crippen LogP contribution is 2.32. The Labute approximate surface area is 107 Å². The lowest BCUT2D eigenvalue weighted by Crippen LogP contribution is -2.43. The van der Waals surface area contributed by atoms with Gasteiger partial charge >= 0.3 is 0 Å². The molecule has 0 bridgehead atoms. The minimum Gasteiger partial charge on any atom is -0.353 e. The number of rotatable bonds is 3. The fourth-order valence-corrected chi connectivity index (χ4v) is 3.29. The molecular weight excluding hydrogens is 232 g/mol. The van der Waals surface area contributed by atoms with Gasteiger partial charge in [-0.15, -0.1) is 11.3 Å². The fraction of sp³-hybridized carbons (Fsp3) is 0.615. The zero-order valence-electron chi connectivity index (χ0n) is 10.7. The third-order valence-corrected chi connectivity index (χ3v) is 4.20. The predicted octanol–water partition coefficient (Wildman–Crippen LogP) is 2.19. The lowest BCUT2D eigenvalue weighted by Gasteiger charge is -2.33. The van der Waals surface area contributed by atoms with Crippen LogP contribution in [-0.4, -0.2) is 29.9 Å². The monoisotopic (exact) mass is 252 g/mol. The van der Waals surface area contributed by atoms with Crippen molar-refractivity contribution in [2.45, 2.75) is 39.3 Å². The van der Waals surface area contributed by atoms with E-state index >= 15 is 0 Å². The molecule has 17 heavy (non-hydrogen) atoms. The van der Waals surface area contributed by atoms with E-state index in [1.54, 1.807) is 0 Å². The van der Waals surface area contributed by atoms with Crippen LogP contribution in [0.1, 0.15) is 37.3 Å². The van der Waals surface area contributed by atoms with Gasteiger partial charge in [-0.3, -0.25) is 9.69 Å². The Balaban J connectivity index is 1.98. The maximum Gasteiger partial charge on any atom is 0.234 e. The van der Waals surface area contributed by atoms with E-state index in [0.717, 1.165) is 13.0 Å². The summed E-state index contributed by atoms with van der Waals surface area (Å²) in [5, 5.41) is 5.10. The van der Waals surface area contributed by atoms with Crippen LogP contribution < -0.4 is 5.32 Å². The Morgan fingerprint density at radius 1 is 1.65 bits per heavy atom. The van der Waals surface area contributed by atoms with Gasteiger partial charge in [0.2, 0.25) is 5.91 Å². The Morgan fingerprint density at radius 2 is 2.41 bits per heavy atom. The summed E-state index contributed by atoms with van der Waals surface area (Å²) in [6, 6.07) is 2.78. The summed E-state index contributed by atoms with van der Waals surface area (Å²) >= 11 is 1.83. The van der Waals surface area contributed by atoms with Gasteiger partial charge in [-0.1, -0.05) is 0 Å². The number of thiophene rings is 1. The second kappa shape index (κ2) is 5.19. The molecule has 1 aliphatic heterocycles. The first kappa shape index (κ1) is 12.6. The molecule has 4 heteroatoms. The van der Waals surface area contributed by atoms with Crippen LogP contribution in [0.2, 0.25) is 0 Å². The van der Waals surface area contributed by atoms with Crippen molar-refractivity contribution in [3.8, 4) is 0 Å². The summed E-state index contributed by atoms with van der Waals surface area (Å²) in [7, 11) is 0. The molecule has 3 nitrogen and oxygen atoms in total. The number of hydrogen-bond donors (Lipinski definition) is 1. The molecule has 0 aliphatic carbocycles. The van der Waals surface area contributed by atoms with Crippen LogP contribution >= 0.6 is 11.3 Å². The van der Waals surface area contributed by atoms with Crippen molar-refractivity contribution in [1.82, 2.24) is 10.2 Å². The summed E-state index contributed by atoms with van der Waals surface area (Å²) in [6.45, 7) is 7.67. The fourth-order valence-electron chi connectivity index (χ4n) is 2.33. The molecule has 0 spiro atoms. The Morgan fingerprint density at radius 3 is 3.12 bits per heavy atom. The molecule has 1 amide bonds. The van der Waals surface area contributed by atoms with Crippen molar-refractivity contribution < 1.29 is 4.79 Å². The van der Waals surface area contributed by atoms with E-state index in [2.05, 4.69) is 28.6 Å². The first-order valence-corrected chi connectivity index (χ1v) is 7.05. The topological polar surface area (TPSA) is 32.3 Å². The van der Waals surface area contributed by atoms with Gasteiger partial charge in [0.15, 0.2) is 0 Å². The number of carbonyl (C=O) groups excluding carboxylic acids is 1. The number of carbonyl (C=O) groups is 1. The van der Waals surface area contributed by atoms with E-state index in [-0.39, 0.29) is 11.9 Å². The third-order valence-electron chi connectivity index (χ3n) is 3.20. The van der Waals surface area contributed by atoms with E-state index in [4.69, 9.17) is 0 Å². The maximum atomic E-state index is 11.8. The van der Waals surface area contributed by atoms with Crippen LogP contribution in [0.25, 0.3) is 0 Å². The van der Waals surface area contributed by atoms with Crippen LogP contribution in [-0.2, 0) is 11.2 Å². The molecular formula is C13H20N2OS. The number of hydrogen-bond acceptors (Lipinski definition) is 3. The Kier molecular flexibility index (Phi) is 3.84. The molecule has 1 aromatic rings. The summed E-state index contributed by atoms with van der Waals surface area (Å²) in [4.78, 5) is 15.5. The molecule has 0 aromatic carbocycles. The quantitative estimate of drug-likeness (QED) is 0.894. The lowest BCUT2D eigenvalue weighted by molar-refractivity contribution is -0.123. The summed E-state index contributed by atoms with van der Waals surface area (Å²) < 4.78 is 0. The van der Waals surface area contributed by atoms with E-state index in [9.17, 15) is 4.79 Å². The van der Waals surface area contributed by atoms with Crippen molar-refractivity contribution in [3.05, 3.63) is 21.9 Å². The zero-order chi connectivity index (χ0) is 12.4. The molecule has 1 atom stereocenters. The third kappa shape index (κ3) is 2.87. The van der Waals surface area contributed by atoms with Crippen molar-refractivity contribution in [1.29, 1.82) is 0 Å². The molecule has 0 radical (unpaired) electrons. The summed E-state index contributed by atoms with van der Waals surface area (Å²) in [6.07, 6.45) is 1.08. The average molecular weight is 252 g/mol. The van der Waals surface area contributed by atoms with Gasteiger partial charge < -0.3 is 5.32 Å². The number of nitrogens with zero attached hydrogens (tertiary/aromatic N) is 1. The largest absolute Gasteiger partial charge is 0.353 e. The predicted molar refractivity (Wildman–Crippen MR) is 71.3 cm³/mol. The molecule has 1 aliphatic rings. The molecule has 0 unspecified atom stereocenters. The first-order valence-electron chi connectivity index (χ1n) is 6.17. The standard InChI is InChI=1S/C13H20N2OS/c1-9(2)14-13(16)8-15-6-4-12-11(10(15)3)5-7-17-12/h5,7,9-10H,4,6,8H2,1-3H3,(H,14,16)/t10-/m1/s1. The Hall–Kier alpha value is -0.870. The molecule has 2 heterocycles. The Bertz CT molecular complexity index is 400. The SMILES string of the molecule is CC(C)NC(=O)CN1CCc2sccc2[C@H]1C. The van der Waals surface area contributed by atoms with Gasteiger partial charge in [0.25, 0.3) is 0 Å². The average Bonchev–Trinajstić information content (AvgIpc) is 2.69. The number of fused-ring (bicyclic) bond motifs is 1. The lowest BCUT2D eigenvalue weighted by atomic mass is 10.0. The second-order valence-electron chi connectivity index (χ2n) is 4.92. The first-order chi connectivity index (χ1) is 8.08. The maximum absolute atomic E-state index is 11.8. The van der Waals surface area contributed by atoms with Gasteiger partial charge in [0, 0.05) is 23.5 Å². The highest BCUT2D eigenvalue weighted by atomic mass is 32.1. The van der Waals surface area contributed by atoms with Crippen molar-refractivity contribution in [2.24, 2.45) is 0 Å². The molecule has 1 N–H and O–H groups in total. The molecule has 0 fully saturated rings. The molecule has 1 aromatic heterocycles. The normalized spacial score (nSPS) is 20.4. The summed E-state index contributed by atoms with van der Waals surface area (Å²) in [5.41, 5.74) is 1.40. The van der Waals surface area contributed by atoms with E-state index < -0.39 is 0 Å². The van der Waals surface area contributed by atoms with Gasteiger partial charge in [-0.05, 0) is 44.2 Å². The van der Waals surface area contributed by atoms with Gasteiger partial charge in [0.1, 0.15) is 0 Å². The van der Waals surface area contributed by atoms with E-state index in [0.29, 0.717) is 12.6 Å². The van der Waals surface area contributed by atoms with Crippen LogP contribution in [0.3, 0.4) is 0 Å². The van der Waals surface area contributed by atoms with Crippen molar-refractivity contribution >= 4 is 17.2 Å². The molecule has 2 rings (SSSR count). The highest BCUT2D eigenvalue weighted by molar-refractivity contribution is 7.10. The van der Waals surface area contributed by atoms with Crippen LogP contribution in [0.5, 0.6) is 0 Å².